The zero-order chi connectivity index (χ0) is 99.2. The van der Waals surface area contributed by atoms with Crippen LogP contribution in [0, 0.1) is 72.3 Å². The topological polar surface area (TPSA) is 203 Å². The second-order valence-electron chi connectivity index (χ2n) is 30.3. The van der Waals surface area contributed by atoms with E-state index in [-0.39, 0.29) is 130 Å². The Labute approximate surface area is 924 Å². The second-order valence-corrected chi connectivity index (χ2v) is 30.3. The first-order valence-corrected chi connectivity index (χ1v) is 44.9. The summed E-state index contributed by atoms with van der Waals surface area (Å²) < 4.78 is 25.8. The van der Waals surface area contributed by atoms with Gasteiger partial charge in [-0.15, -0.1) is 333 Å². The van der Waals surface area contributed by atoms with Crippen LogP contribution >= 0.6 is 0 Å². The van der Waals surface area contributed by atoms with Gasteiger partial charge in [0.25, 0.3) is 0 Å². The maximum atomic E-state index is 13.2. The molecule has 0 aliphatic carbocycles. The molecular weight excluding hydrogens is 2630 g/mol. The summed E-state index contributed by atoms with van der Waals surface area (Å²) in [5, 5.41) is 27.1. The van der Waals surface area contributed by atoms with Crippen molar-refractivity contribution in [3.05, 3.63) is 570 Å². The number of allylic oxidation sites excluding steroid dienone is 4. The molecule has 2 N–H and O–H groups in total. The zero-order valence-corrected chi connectivity index (χ0v) is 90.9. The third kappa shape index (κ3) is 40.5. The fourth-order valence-corrected chi connectivity index (χ4v) is 13.4. The maximum Gasteiger partial charge on any atom is 3.00 e. The fraction of sp³-hybridized carbons (Fsp3) is 0.0317. The van der Waals surface area contributed by atoms with Crippen molar-refractivity contribution < 1.29 is 129 Å². The summed E-state index contributed by atoms with van der Waals surface area (Å²) in [6, 6.07) is 163. The molecule has 0 fully saturated rings. The van der Waals surface area contributed by atoms with Gasteiger partial charge in [-0.3, -0.25) is 18.4 Å². The van der Waals surface area contributed by atoms with Crippen molar-refractivity contribution in [1.82, 2.24) is 49.8 Å². The van der Waals surface area contributed by atoms with Crippen LogP contribution < -0.4 is 0 Å². The molecule has 0 aliphatic heterocycles. The number of aromatic nitrogens is 10. The first kappa shape index (κ1) is 118. The number of aliphatic hydroxyl groups is 2. The number of nitrogens with zero attached hydrogens (tertiary/aromatic N) is 10. The van der Waals surface area contributed by atoms with Crippen LogP contribution in [-0.2, 0) is 110 Å². The molecule has 0 aliphatic rings. The number of halogens is 2. The van der Waals surface area contributed by atoms with E-state index in [1.165, 1.54) is 72.2 Å². The van der Waals surface area contributed by atoms with Gasteiger partial charge in [0.2, 0.25) is 0 Å². The van der Waals surface area contributed by atoms with Crippen LogP contribution in [-0.4, -0.2) is 71.6 Å². The summed E-state index contributed by atoms with van der Waals surface area (Å²) in [7, 11) is 0. The van der Waals surface area contributed by atoms with Gasteiger partial charge in [0.15, 0.2) is 11.6 Å². The quantitative estimate of drug-likeness (QED) is 0.0454. The molecule has 23 rings (SSSR count). The Morgan fingerprint density at radius 3 is 0.660 bits per heavy atom. The minimum absolute atomic E-state index is 0. The molecule has 10 aromatic heterocycles. The summed E-state index contributed by atoms with van der Waals surface area (Å²) in [4.78, 5) is 62.4. The number of benzene rings is 13. The normalized spacial score (nSPS) is 9.89. The van der Waals surface area contributed by atoms with Gasteiger partial charge in [0.05, 0.1) is 11.5 Å². The summed E-state index contributed by atoms with van der Waals surface area (Å²) >= 11 is 0. The molecule has 23 aromatic rings. The summed E-state index contributed by atoms with van der Waals surface area (Å²) in [5.74, 6) is -1.41. The van der Waals surface area contributed by atoms with Crippen molar-refractivity contribution in [3.63, 3.8) is 0 Å². The molecule has 0 saturated heterocycles. The van der Waals surface area contributed by atoms with E-state index in [9.17, 15) is 18.4 Å². The molecule has 14 nitrogen and oxygen atoms in total. The van der Waals surface area contributed by atoms with Crippen molar-refractivity contribution in [1.29, 1.82) is 0 Å². The minimum Gasteiger partial charge on any atom is -0.512 e. The van der Waals surface area contributed by atoms with Gasteiger partial charge in [-0.05, 0) is 161 Å². The fourth-order valence-electron chi connectivity index (χ4n) is 13.4. The molecule has 2 radical (unpaired) electrons. The minimum atomic E-state index is -0.649. The van der Waals surface area contributed by atoms with Crippen LogP contribution in [0.25, 0.3) is 144 Å². The van der Waals surface area contributed by atoms with Crippen molar-refractivity contribution in [2.24, 2.45) is 0 Å². The van der Waals surface area contributed by atoms with E-state index in [0.29, 0.717) is 5.69 Å². The molecule has 0 bridgehead atoms. The van der Waals surface area contributed by atoms with Crippen LogP contribution in [0.15, 0.2) is 498 Å². The molecule has 0 unspecified atom stereocenters. The Bertz CT molecular complexity index is 6500. The van der Waals surface area contributed by atoms with Gasteiger partial charge in [-0.1, -0.05) is 151 Å². The van der Waals surface area contributed by atoms with Crippen molar-refractivity contribution >= 4 is 76.6 Å². The molecule has 21 heteroatoms. The average Bonchev–Trinajstić information content (AvgIpc) is 0.801. The van der Waals surface area contributed by atoms with Crippen molar-refractivity contribution in [2.75, 3.05) is 0 Å². The molecule has 13 aromatic carbocycles. The van der Waals surface area contributed by atoms with Crippen molar-refractivity contribution in [3.8, 4) is 78.8 Å². The monoisotopic (exact) mass is 2730 g/mol. The van der Waals surface area contributed by atoms with E-state index in [1.807, 2.05) is 328 Å². The Morgan fingerprint density at radius 2 is 0.463 bits per heavy atom. The van der Waals surface area contributed by atoms with Gasteiger partial charge in [0.1, 0.15) is 0 Å². The molecule has 734 valence electrons. The zero-order valence-electron chi connectivity index (χ0n) is 79.8. The first-order chi connectivity index (χ1) is 69.7. The summed E-state index contributed by atoms with van der Waals surface area (Å²) in [6.07, 6.45) is 20.1. The largest absolute Gasteiger partial charge is 3.00 e. The van der Waals surface area contributed by atoms with Gasteiger partial charge < -0.3 is 60.1 Å². The second kappa shape index (κ2) is 67.1. The summed E-state index contributed by atoms with van der Waals surface area (Å²) in [6.45, 7) is 5.70. The van der Waals surface area contributed by atoms with Crippen LogP contribution in [0.1, 0.15) is 27.7 Å². The molecule has 147 heavy (non-hydrogen) atoms. The number of hydrogen-bond acceptors (Lipinski definition) is 14. The molecule has 0 atom stereocenters. The number of ketones is 2. The van der Waals surface area contributed by atoms with Crippen molar-refractivity contribution in [2.45, 2.75) is 27.7 Å². The molecule has 0 saturated carbocycles. The standard InChI is InChI=1S/3C13H8N.C11H6F2N.6C11H8N.2C5H8O2.3Ir.Pt.Rh/c3*1-2-6-12-10(4-1)7-8-11-5-3-9-14-13(11)12;12-8-4-5-9(10(13)7-8)11-3-1-2-6-14-11;6*1-2-6-10(7-3-1)11-8-4-5-9-12-11;2*1-4(6)3-5(2)7;;;;;/h3*1-5,7-9H;1-4,6-7H;6*1-6,8-9H;2*3,6H,1-2H3;;;;;/q10*-1;;;;;+3;+2;+3. The SMILES string of the molecule is CC(=O)C=C(C)O.CC(=O)C=C(C)O.Fc1c[c-]c(-c2ccccn2)c(F)c1.[Ir+3].[Ir].[Ir].[Pt+2].[Rh+3].[c-]1cccc2ccc3cccnc3c12.[c-]1cccc2ccc3cccnc3c12.[c-]1cccc2ccc3cccnc3c12.[c-]1ccccc1-c1ccccn1.[c-]1ccccc1-c1ccccn1.[c-]1ccccc1-c1ccccn1.[c-]1ccccc1-c1ccccn1.[c-]1ccccc1-c1ccccn1.[c-]1ccccc1-c1ccccn1. The molecule has 0 spiro atoms. The number of fused-ring (bicyclic) bond motifs is 9. The van der Waals surface area contributed by atoms with E-state index in [0.717, 1.165) is 112 Å². The smallest absolute Gasteiger partial charge is 0.512 e. The van der Waals surface area contributed by atoms with Gasteiger partial charge in [-0.2, -0.15) is 0 Å². The van der Waals surface area contributed by atoms with Crippen LogP contribution in [0.2, 0.25) is 0 Å². The van der Waals surface area contributed by atoms with Crippen LogP contribution in [0.3, 0.4) is 0 Å². The number of carbonyl (C=O) groups excluding carboxylic acids is 2. The van der Waals surface area contributed by atoms with E-state index >= 15 is 0 Å². The number of hydrogen-bond donors (Lipinski definition) is 2. The van der Waals surface area contributed by atoms with E-state index in [4.69, 9.17) is 10.2 Å². The predicted octanol–water partition coefficient (Wildman–Crippen LogP) is 29.7. The maximum absolute atomic E-state index is 13.2. The number of rotatable bonds is 9. The Morgan fingerprint density at radius 1 is 0.252 bits per heavy atom. The number of aliphatic hydroxyl groups excluding tert-OH is 2. The van der Waals surface area contributed by atoms with Gasteiger partial charge in [0, 0.05) is 126 Å². The Hall–Kier alpha value is -15.5. The van der Waals surface area contributed by atoms with Gasteiger partial charge >= 0.3 is 60.6 Å². The molecular formula is C126H94F2Ir3N10O4PtRh-2. The first-order valence-electron chi connectivity index (χ1n) is 44.9. The van der Waals surface area contributed by atoms with Gasteiger partial charge in [-0.25, -0.2) is 0 Å². The number of pyridine rings is 10. The summed E-state index contributed by atoms with van der Waals surface area (Å²) in [5.41, 5.74) is 15.8. The third-order valence-electron chi connectivity index (χ3n) is 19.7. The Kier molecular flexibility index (Phi) is 54.1. The molecule has 10 heterocycles. The van der Waals surface area contributed by atoms with Crippen LogP contribution in [0.5, 0.6) is 0 Å². The van der Waals surface area contributed by atoms with E-state index < -0.39 is 11.6 Å². The molecule has 0 amide bonds. The average molecular weight is 2720 g/mol. The predicted molar refractivity (Wildman–Crippen MR) is 568 cm³/mol. The van der Waals surface area contributed by atoms with E-state index in [2.05, 4.69) is 183 Å². The number of carbonyl (C=O) groups is 2. The van der Waals surface area contributed by atoms with Crippen LogP contribution in [0.4, 0.5) is 8.78 Å². The van der Waals surface area contributed by atoms with E-state index in [1.54, 1.807) is 61.6 Å². The third-order valence-corrected chi connectivity index (χ3v) is 19.7. The Balaban J connectivity index is 0.000000217.